The van der Waals surface area contributed by atoms with Crippen molar-refractivity contribution in [3.63, 3.8) is 0 Å². The predicted molar refractivity (Wildman–Crippen MR) is 192 cm³/mol. The number of rotatable bonds is 5. The van der Waals surface area contributed by atoms with Crippen LogP contribution in [0.2, 0.25) is 0 Å². The summed E-state index contributed by atoms with van der Waals surface area (Å²) in [5.74, 6) is 9.98. The molecule has 2 heterocycles. The maximum atomic E-state index is 7.41. The first-order valence-corrected chi connectivity index (χ1v) is 22.2. The van der Waals surface area contributed by atoms with E-state index in [0.29, 0.717) is 30.7 Å². The van der Waals surface area contributed by atoms with Gasteiger partial charge >= 0.3 is 0 Å². The maximum absolute atomic E-state index is 7.41. The zero-order valence-electron chi connectivity index (χ0n) is 30.2. The average Bonchev–Trinajstić information content (AvgIpc) is 3.55. The van der Waals surface area contributed by atoms with Crippen LogP contribution in [-0.2, 0) is 4.74 Å². The first-order chi connectivity index (χ1) is 23.3. The fourth-order valence-corrected chi connectivity index (χ4v) is 14.8. The molecular formula is C43H73N3O. The Labute approximate surface area is 289 Å². The van der Waals surface area contributed by atoms with Gasteiger partial charge in [0.15, 0.2) is 0 Å². The first kappa shape index (κ1) is 32.7. The monoisotopic (exact) mass is 648 g/mol. The molecule has 4 nitrogen and oxygen atoms in total. The van der Waals surface area contributed by atoms with Gasteiger partial charge in [0.2, 0.25) is 0 Å². The van der Waals surface area contributed by atoms with Crippen molar-refractivity contribution in [2.24, 2.45) is 65.1 Å². The van der Waals surface area contributed by atoms with Gasteiger partial charge in [-0.1, -0.05) is 89.9 Å². The van der Waals surface area contributed by atoms with E-state index in [9.17, 15) is 0 Å². The third-order valence-corrected chi connectivity index (χ3v) is 17.1. The summed E-state index contributed by atoms with van der Waals surface area (Å²) in [6.45, 7) is 0. The SMILES string of the molecule is C1CCC(C2CCC(C3CC4C(OC5CCCC(C6NC(C7CCCCC7)NC(C7CCCCC7)N6)C54)C4CCCCC34)CC2)CC1. The van der Waals surface area contributed by atoms with Crippen LogP contribution in [0.5, 0.6) is 0 Å². The van der Waals surface area contributed by atoms with Gasteiger partial charge in [-0.05, 0) is 149 Å². The van der Waals surface area contributed by atoms with Gasteiger partial charge in [0, 0.05) is 0 Å². The Morgan fingerprint density at radius 1 is 0.319 bits per heavy atom. The molecule has 9 aliphatic rings. The Morgan fingerprint density at radius 2 is 0.809 bits per heavy atom. The molecule has 0 aromatic carbocycles. The van der Waals surface area contributed by atoms with Crippen LogP contribution < -0.4 is 16.0 Å². The normalized spacial score (nSPS) is 49.1. The van der Waals surface area contributed by atoms with Gasteiger partial charge in [0.05, 0.1) is 30.7 Å². The summed E-state index contributed by atoms with van der Waals surface area (Å²) in [5, 5.41) is 13.0. The molecule has 47 heavy (non-hydrogen) atoms. The van der Waals surface area contributed by atoms with E-state index in [-0.39, 0.29) is 0 Å². The van der Waals surface area contributed by atoms with Crippen LogP contribution in [-0.4, -0.2) is 30.7 Å². The van der Waals surface area contributed by atoms with E-state index in [4.69, 9.17) is 4.74 Å². The van der Waals surface area contributed by atoms with Crippen molar-refractivity contribution in [2.75, 3.05) is 0 Å². The molecule has 9 rings (SSSR count). The molecule has 266 valence electrons. The van der Waals surface area contributed by atoms with Crippen molar-refractivity contribution in [1.29, 1.82) is 0 Å². The van der Waals surface area contributed by atoms with Crippen LogP contribution >= 0.6 is 0 Å². The molecule has 10 atom stereocenters. The molecule has 0 aromatic heterocycles. The Morgan fingerprint density at radius 3 is 1.45 bits per heavy atom. The topological polar surface area (TPSA) is 45.3 Å². The number of hydrogen-bond donors (Lipinski definition) is 3. The lowest BCUT2D eigenvalue weighted by Crippen LogP contribution is -2.73. The van der Waals surface area contributed by atoms with E-state index >= 15 is 0 Å². The molecule has 0 amide bonds. The highest BCUT2D eigenvalue weighted by atomic mass is 16.5. The molecule has 7 aliphatic carbocycles. The average molecular weight is 648 g/mol. The van der Waals surface area contributed by atoms with Crippen LogP contribution in [0.1, 0.15) is 173 Å². The molecule has 10 unspecified atom stereocenters. The fourth-order valence-electron chi connectivity index (χ4n) is 14.8. The third kappa shape index (κ3) is 6.68. The first-order valence-electron chi connectivity index (χ1n) is 22.2. The minimum absolute atomic E-state index is 0.471. The molecule has 7 saturated carbocycles. The lowest BCUT2D eigenvalue weighted by Gasteiger charge is -2.53. The van der Waals surface area contributed by atoms with Crippen molar-refractivity contribution in [1.82, 2.24) is 16.0 Å². The Bertz CT molecular complexity index is 967. The highest BCUT2D eigenvalue weighted by Crippen LogP contribution is 2.60. The highest BCUT2D eigenvalue weighted by molar-refractivity contribution is 5.08. The van der Waals surface area contributed by atoms with E-state index in [2.05, 4.69) is 16.0 Å². The summed E-state index contributed by atoms with van der Waals surface area (Å²) < 4.78 is 7.41. The van der Waals surface area contributed by atoms with Crippen LogP contribution in [0.3, 0.4) is 0 Å². The molecule has 0 bridgehead atoms. The zero-order chi connectivity index (χ0) is 31.2. The number of ether oxygens (including phenoxy) is 1. The van der Waals surface area contributed by atoms with E-state index in [1.807, 2.05) is 0 Å². The molecule has 2 saturated heterocycles. The molecule has 4 heteroatoms. The van der Waals surface area contributed by atoms with Gasteiger partial charge < -0.3 is 4.74 Å². The van der Waals surface area contributed by atoms with Gasteiger partial charge in [0.1, 0.15) is 0 Å². The highest BCUT2D eigenvalue weighted by Gasteiger charge is 2.59. The van der Waals surface area contributed by atoms with Crippen LogP contribution in [0.25, 0.3) is 0 Å². The van der Waals surface area contributed by atoms with Crippen molar-refractivity contribution in [2.45, 2.75) is 204 Å². The second-order valence-corrected chi connectivity index (χ2v) is 19.3. The van der Waals surface area contributed by atoms with Gasteiger partial charge in [-0.2, -0.15) is 0 Å². The van der Waals surface area contributed by atoms with Gasteiger partial charge in [-0.15, -0.1) is 0 Å². The molecule has 0 radical (unpaired) electrons. The van der Waals surface area contributed by atoms with E-state index in [0.717, 1.165) is 65.1 Å². The van der Waals surface area contributed by atoms with E-state index in [1.165, 1.54) is 135 Å². The van der Waals surface area contributed by atoms with Crippen molar-refractivity contribution in [3.05, 3.63) is 0 Å². The smallest absolute Gasteiger partial charge is 0.0641 e. The van der Waals surface area contributed by atoms with E-state index < -0.39 is 0 Å². The van der Waals surface area contributed by atoms with Crippen LogP contribution in [0.4, 0.5) is 0 Å². The third-order valence-electron chi connectivity index (χ3n) is 17.1. The minimum Gasteiger partial charge on any atom is -0.374 e. The number of fused-ring (bicyclic) bond motifs is 5. The van der Waals surface area contributed by atoms with Gasteiger partial charge in [0.25, 0.3) is 0 Å². The Balaban J connectivity index is 0.945. The molecule has 0 spiro atoms. The summed E-state index contributed by atoms with van der Waals surface area (Å²) in [5.41, 5.74) is 0. The van der Waals surface area contributed by atoms with Gasteiger partial charge in [-0.25, -0.2) is 0 Å². The number of nitrogens with one attached hydrogen (secondary N) is 3. The molecular weight excluding hydrogens is 574 g/mol. The summed E-state index contributed by atoms with van der Waals surface area (Å²) in [6, 6.07) is 0. The van der Waals surface area contributed by atoms with Gasteiger partial charge in [-0.3, -0.25) is 16.0 Å². The molecule has 3 N–H and O–H groups in total. The van der Waals surface area contributed by atoms with Crippen molar-refractivity contribution < 1.29 is 4.74 Å². The minimum atomic E-state index is 0.471. The lowest BCUT2D eigenvalue weighted by atomic mass is 9.53. The summed E-state index contributed by atoms with van der Waals surface area (Å²) >= 11 is 0. The number of hydrogen-bond acceptors (Lipinski definition) is 4. The molecule has 0 aromatic rings. The Kier molecular flexibility index (Phi) is 10.3. The van der Waals surface area contributed by atoms with Crippen molar-refractivity contribution >= 4 is 0 Å². The standard InChI is InChI=1S/C43H73N3O/c1-4-13-28(14-5-1)29-23-25-30(26-24-29)36-27-37-39-35(21-12-22-38(39)47-40(37)34-20-11-10-19-33(34)36)43-45-41(31-15-6-2-7-16-31)44-42(46-43)32-17-8-3-9-18-32/h28-46H,1-27H2. The summed E-state index contributed by atoms with van der Waals surface area (Å²) in [6.07, 6.45) is 42.5. The van der Waals surface area contributed by atoms with E-state index in [1.54, 1.807) is 38.5 Å². The maximum Gasteiger partial charge on any atom is 0.0641 e. The van der Waals surface area contributed by atoms with Crippen LogP contribution in [0, 0.1) is 65.1 Å². The summed E-state index contributed by atoms with van der Waals surface area (Å²) in [7, 11) is 0. The fraction of sp³-hybridized carbons (Fsp3) is 1.00. The zero-order valence-corrected chi connectivity index (χ0v) is 30.2. The van der Waals surface area contributed by atoms with Crippen LogP contribution in [0.15, 0.2) is 0 Å². The van der Waals surface area contributed by atoms with Crippen molar-refractivity contribution in [3.8, 4) is 0 Å². The summed E-state index contributed by atoms with van der Waals surface area (Å²) in [4.78, 5) is 0. The molecule has 2 aliphatic heterocycles. The Hall–Kier alpha value is -0.160. The second-order valence-electron chi connectivity index (χ2n) is 19.3. The molecule has 9 fully saturated rings. The second kappa shape index (κ2) is 14.8. The quantitative estimate of drug-likeness (QED) is 0.278. The predicted octanol–water partition coefficient (Wildman–Crippen LogP) is 9.92. The lowest BCUT2D eigenvalue weighted by molar-refractivity contribution is -0.0871. The largest absolute Gasteiger partial charge is 0.374 e.